The zero-order valence-electron chi connectivity index (χ0n) is 22.1. The fraction of sp³-hybridized carbons (Fsp3) is 0.464. The van der Waals surface area contributed by atoms with E-state index in [1.54, 1.807) is 6.20 Å². The first-order valence-electron chi connectivity index (χ1n) is 12.8. The highest BCUT2D eigenvalue weighted by Gasteiger charge is 2.43. The van der Waals surface area contributed by atoms with Crippen molar-refractivity contribution in [3.8, 4) is 6.07 Å². The quantitative estimate of drug-likeness (QED) is 0.391. The van der Waals surface area contributed by atoms with Crippen LogP contribution in [-0.4, -0.2) is 40.9 Å². The van der Waals surface area contributed by atoms with Crippen molar-refractivity contribution < 1.29 is 0 Å². The Morgan fingerprint density at radius 2 is 2.11 bits per heavy atom. The first-order valence-corrected chi connectivity index (χ1v) is 13.2. The molecule has 194 valence electrons. The summed E-state index contributed by atoms with van der Waals surface area (Å²) in [5.41, 5.74) is 10.2. The summed E-state index contributed by atoms with van der Waals surface area (Å²) in [6.07, 6.45) is 12.2. The molecule has 1 fully saturated rings. The summed E-state index contributed by atoms with van der Waals surface area (Å²) in [5.74, 6) is 0. The van der Waals surface area contributed by atoms with Crippen LogP contribution < -0.4 is 21.6 Å². The number of fused-ring (bicyclic) bond motifs is 1. The Balaban J connectivity index is 1.57. The fourth-order valence-electron chi connectivity index (χ4n) is 4.81. The van der Waals surface area contributed by atoms with Crippen LogP contribution in [0.1, 0.15) is 53.0 Å². The van der Waals surface area contributed by atoms with Gasteiger partial charge in [0.1, 0.15) is 6.07 Å². The average molecular weight is 519 g/mol. The number of halogens is 1. The lowest BCUT2D eigenvalue weighted by Crippen LogP contribution is -2.49. The molecule has 1 aliphatic carbocycles. The van der Waals surface area contributed by atoms with E-state index in [0.717, 1.165) is 22.5 Å². The van der Waals surface area contributed by atoms with Crippen molar-refractivity contribution in [2.24, 2.45) is 15.8 Å². The standard InChI is InChI=1S/C28H35ClN8/c1-17-28(5,9-6-10-31-17)26(23-15-37(36-35-23)20-7-8-20)34-19-11-21-24(33-16-27(2,3)4)18(13-30)14-32-25(21)22(29)12-19/h6,9-12,14-15,17,20,26,34-36H,7-8,16H2,1-5H3,(H,32,33)/t17?,26-,28?/m1/s1. The summed E-state index contributed by atoms with van der Waals surface area (Å²) in [6, 6.07) is 6.69. The van der Waals surface area contributed by atoms with Crippen molar-refractivity contribution >= 4 is 40.1 Å². The number of hydrazine groups is 2. The van der Waals surface area contributed by atoms with Crippen molar-refractivity contribution in [2.75, 3.05) is 17.2 Å². The molecule has 2 aromatic rings. The summed E-state index contributed by atoms with van der Waals surface area (Å²) >= 11 is 6.78. The van der Waals surface area contributed by atoms with E-state index in [2.05, 4.69) is 84.6 Å². The lowest BCUT2D eigenvalue weighted by Gasteiger charge is -2.41. The van der Waals surface area contributed by atoms with Crippen LogP contribution in [0, 0.1) is 22.2 Å². The Hall–Kier alpha value is -3.28. The van der Waals surface area contributed by atoms with Crippen LogP contribution in [0.4, 0.5) is 11.4 Å². The number of hydrogen-bond donors (Lipinski definition) is 4. The molecule has 9 heteroatoms. The molecule has 0 spiro atoms. The molecule has 3 heterocycles. The lowest BCUT2D eigenvalue weighted by molar-refractivity contribution is 0.256. The number of dihydropyridines is 1. The molecule has 0 saturated heterocycles. The highest BCUT2D eigenvalue weighted by atomic mass is 35.5. The number of anilines is 2. The molecule has 3 aliphatic rings. The van der Waals surface area contributed by atoms with Gasteiger partial charge in [0.15, 0.2) is 0 Å². The Morgan fingerprint density at radius 3 is 2.78 bits per heavy atom. The van der Waals surface area contributed by atoms with E-state index in [1.165, 1.54) is 12.8 Å². The Kier molecular flexibility index (Phi) is 6.55. The van der Waals surface area contributed by atoms with Gasteiger partial charge in [0, 0.05) is 47.7 Å². The van der Waals surface area contributed by atoms with Gasteiger partial charge in [-0.15, -0.1) is 5.53 Å². The number of hydrogen-bond acceptors (Lipinski definition) is 8. The number of nitrogens with one attached hydrogen (secondary N) is 4. The maximum Gasteiger partial charge on any atom is 0.103 e. The van der Waals surface area contributed by atoms with Crippen molar-refractivity contribution in [1.29, 1.82) is 5.26 Å². The van der Waals surface area contributed by atoms with E-state index in [9.17, 15) is 5.26 Å². The van der Waals surface area contributed by atoms with Crippen molar-refractivity contribution in [2.45, 2.75) is 65.6 Å². The van der Waals surface area contributed by atoms with Gasteiger partial charge in [-0.3, -0.25) is 15.0 Å². The minimum Gasteiger partial charge on any atom is -0.383 e. The van der Waals surface area contributed by atoms with Gasteiger partial charge >= 0.3 is 0 Å². The molecule has 0 radical (unpaired) electrons. The zero-order valence-corrected chi connectivity index (χ0v) is 22.8. The molecule has 5 rings (SSSR count). The molecule has 0 amide bonds. The third-order valence-electron chi connectivity index (χ3n) is 7.38. The first kappa shape index (κ1) is 25.4. The predicted octanol–water partition coefficient (Wildman–Crippen LogP) is 5.36. The number of allylic oxidation sites excluding steroid dienone is 1. The number of pyridine rings is 1. The Labute approximate surface area is 223 Å². The fourth-order valence-corrected chi connectivity index (χ4v) is 5.08. The minimum absolute atomic E-state index is 0.0344. The largest absolute Gasteiger partial charge is 0.383 e. The third kappa shape index (κ3) is 5.11. The predicted molar refractivity (Wildman–Crippen MR) is 151 cm³/mol. The van der Waals surface area contributed by atoms with Crippen molar-refractivity contribution in [1.82, 2.24) is 21.0 Å². The number of benzene rings is 1. The first-order chi connectivity index (χ1) is 17.6. The Bertz CT molecular complexity index is 1330. The van der Waals surface area contributed by atoms with Crippen LogP contribution in [0.3, 0.4) is 0 Å². The van der Waals surface area contributed by atoms with Gasteiger partial charge in [0.05, 0.1) is 39.6 Å². The maximum atomic E-state index is 9.82. The Morgan fingerprint density at radius 1 is 1.32 bits per heavy atom. The molecular formula is C28H35ClN8. The number of aliphatic imine (C=N–C) groups is 1. The topological polar surface area (TPSA) is 100 Å². The molecule has 4 N–H and O–H groups in total. The maximum absolute atomic E-state index is 9.82. The van der Waals surface area contributed by atoms with E-state index in [4.69, 9.17) is 16.6 Å². The highest BCUT2D eigenvalue weighted by molar-refractivity contribution is 6.35. The van der Waals surface area contributed by atoms with Crippen LogP contribution in [0.2, 0.25) is 5.02 Å². The zero-order chi connectivity index (χ0) is 26.4. The summed E-state index contributed by atoms with van der Waals surface area (Å²) < 4.78 is 0. The second kappa shape index (κ2) is 9.55. The summed E-state index contributed by atoms with van der Waals surface area (Å²) in [5, 5.41) is 20.6. The van der Waals surface area contributed by atoms with E-state index in [1.807, 2.05) is 24.4 Å². The molecule has 0 bridgehead atoms. The smallest absolute Gasteiger partial charge is 0.103 e. The lowest BCUT2D eigenvalue weighted by atomic mass is 9.73. The molecular weight excluding hydrogens is 484 g/mol. The number of aromatic nitrogens is 1. The van der Waals surface area contributed by atoms with Crippen molar-refractivity contribution in [3.05, 3.63) is 53.0 Å². The normalized spacial score (nSPS) is 24.0. The van der Waals surface area contributed by atoms with E-state index >= 15 is 0 Å². The summed E-state index contributed by atoms with van der Waals surface area (Å²) in [6.45, 7) is 11.5. The number of nitrogens with zero attached hydrogens (tertiary/aromatic N) is 4. The molecule has 3 atom stereocenters. The van der Waals surface area contributed by atoms with Gasteiger partial charge in [0.2, 0.25) is 0 Å². The van der Waals surface area contributed by atoms with E-state index < -0.39 is 0 Å². The second-order valence-electron chi connectivity index (χ2n) is 11.7. The average Bonchev–Trinajstić information content (AvgIpc) is 3.59. The molecule has 8 nitrogen and oxygen atoms in total. The van der Waals surface area contributed by atoms with Gasteiger partial charge in [-0.05, 0) is 43.4 Å². The molecule has 2 aliphatic heterocycles. The highest BCUT2D eigenvalue weighted by Crippen LogP contribution is 2.40. The van der Waals surface area contributed by atoms with Gasteiger partial charge in [-0.25, -0.2) is 0 Å². The van der Waals surface area contributed by atoms with E-state index in [0.29, 0.717) is 28.7 Å². The van der Waals surface area contributed by atoms with Gasteiger partial charge in [-0.1, -0.05) is 45.4 Å². The van der Waals surface area contributed by atoms with E-state index in [-0.39, 0.29) is 22.9 Å². The third-order valence-corrected chi connectivity index (χ3v) is 7.67. The van der Waals surface area contributed by atoms with Crippen LogP contribution in [0.25, 0.3) is 10.9 Å². The number of rotatable bonds is 7. The molecule has 1 aromatic carbocycles. The second-order valence-corrected chi connectivity index (χ2v) is 12.1. The monoisotopic (exact) mass is 518 g/mol. The van der Waals surface area contributed by atoms with Gasteiger partial charge < -0.3 is 16.1 Å². The van der Waals surface area contributed by atoms with Gasteiger partial charge in [0.25, 0.3) is 0 Å². The van der Waals surface area contributed by atoms with Crippen LogP contribution in [0.5, 0.6) is 0 Å². The molecule has 37 heavy (non-hydrogen) atoms. The summed E-state index contributed by atoms with van der Waals surface area (Å²) in [7, 11) is 0. The molecule has 1 aromatic heterocycles. The summed E-state index contributed by atoms with van der Waals surface area (Å²) in [4.78, 5) is 9.23. The van der Waals surface area contributed by atoms with Crippen LogP contribution in [-0.2, 0) is 0 Å². The number of nitriles is 1. The minimum atomic E-state index is -0.309. The van der Waals surface area contributed by atoms with Crippen LogP contribution in [0.15, 0.2) is 47.4 Å². The van der Waals surface area contributed by atoms with Crippen LogP contribution >= 0.6 is 11.6 Å². The molecule has 1 saturated carbocycles. The van der Waals surface area contributed by atoms with Crippen molar-refractivity contribution in [3.63, 3.8) is 0 Å². The molecule has 2 unspecified atom stereocenters. The van der Waals surface area contributed by atoms with Gasteiger partial charge in [-0.2, -0.15) is 5.26 Å². The SMILES string of the molecule is CC1N=CC=CC1(C)[C@H](Nc1cc(Cl)c2ncc(C#N)c(NCC(C)(C)C)c2c1)C1=CN(C2CC2)NN1.